The second-order valence-corrected chi connectivity index (χ2v) is 8.34. The molecule has 0 aliphatic heterocycles. The average molecular weight is 532 g/mol. The Labute approximate surface area is 206 Å². The molecular formula is C25H24BrClN2O4. The largest absolute Gasteiger partial charge is 0.496 e. The SMILES string of the molecule is CCOc1cc(/C=N\NC(=O)c2cc(Br)ccc2OC)cc(Cl)c1OCc1ccccc1C. The van der Waals surface area contributed by atoms with Gasteiger partial charge in [-0.05, 0) is 60.9 Å². The van der Waals surface area contributed by atoms with Gasteiger partial charge in [-0.25, -0.2) is 5.43 Å². The Bertz CT molecular complexity index is 1170. The molecule has 0 aliphatic carbocycles. The van der Waals surface area contributed by atoms with Crippen LogP contribution in [0.1, 0.15) is 34.0 Å². The van der Waals surface area contributed by atoms with E-state index >= 15 is 0 Å². The third-order valence-corrected chi connectivity index (χ3v) is 5.52. The van der Waals surface area contributed by atoms with Gasteiger partial charge in [-0.1, -0.05) is 51.8 Å². The van der Waals surface area contributed by atoms with E-state index in [2.05, 4.69) is 26.5 Å². The first-order valence-corrected chi connectivity index (χ1v) is 11.4. The van der Waals surface area contributed by atoms with Crippen LogP contribution in [0, 0.1) is 6.92 Å². The van der Waals surface area contributed by atoms with Crippen molar-refractivity contribution in [3.63, 3.8) is 0 Å². The molecule has 6 nitrogen and oxygen atoms in total. The molecule has 1 amide bonds. The molecule has 0 spiro atoms. The predicted molar refractivity (Wildman–Crippen MR) is 134 cm³/mol. The van der Waals surface area contributed by atoms with Crippen LogP contribution in [0.2, 0.25) is 5.02 Å². The molecule has 0 atom stereocenters. The minimum atomic E-state index is -0.404. The summed E-state index contributed by atoms with van der Waals surface area (Å²) < 4.78 is 17.7. The lowest BCUT2D eigenvalue weighted by atomic mass is 10.1. The Morgan fingerprint density at radius 3 is 2.64 bits per heavy atom. The minimum Gasteiger partial charge on any atom is -0.496 e. The highest BCUT2D eigenvalue weighted by atomic mass is 79.9. The van der Waals surface area contributed by atoms with Crippen LogP contribution in [-0.2, 0) is 6.61 Å². The molecule has 3 rings (SSSR count). The number of hydrogen-bond acceptors (Lipinski definition) is 5. The van der Waals surface area contributed by atoms with E-state index < -0.39 is 5.91 Å². The van der Waals surface area contributed by atoms with Gasteiger partial charge >= 0.3 is 0 Å². The van der Waals surface area contributed by atoms with Gasteiger partial charge in [0.2, 0.25) is 0 Å². The highest BCUT2D eigenvalue weighted by molar-refractivity contribution is 9.10. The molecule has 0 bridgehead atoms. The Hall–Kier alpha value is -3.03. The van der Waals surface area contributed by atoms with Crippen molar-refractivity contribution in [1.29, 1.82) is 0 Å². The summed E-state index contributed by atoms with van der Waals surface area (Å²) in [5, 5.41) is 4.43. The molecule has 172 valence electrons. The van der Waals surface area contributed by atoms with E-state index in [1.165, 1.54) is 13.3 Å². The predicted octanol–water partition coefficient (Wildman–Crippen LogP) is 6.16. The van der Waals surface area contributed by atoms with Gasteiger partial charge in [0, 0.05) is 4.47 Å². The van der Waals surface area contributed by atoms with Crippen molar-refractivity contribution in [3.8, 4) is 17.2 Å². The summed E-state index contributed by atoms with van der Waals surface area (Å²) in [4.78, 5) is 12.5. The first-order chi connectivity index (χ1) is 15.9. The van der Waals surface area contributed by atoms with E-state index in [0.29, 0.717) is 46.6 Å². The third-order valence-electron chi connectivity index (χ3n) is 4.75. The van der Waals surface area contributed by atoms with Gasteiger partial charge in [0.05, 0.1) is 30.5 Å². The molecule has 33 heavy (non-hydrogen) atoms. The van der Waals surface area contributed by atoms with Gasteiger partial charge < -0.3 is 14.2 Å². The van der Waals surface area contributed by atoms with Gasteiger partial charge in [0.1, 0.15) is 12.4 Å². The van der Waals surface area contributed by atoms with E-state index in [1.807, 2.05) is 38.1 Å². The summed E-state index contributed by atoms with van der Waals surface area (Å²) in [6.45, 7) is 4.72. The van der Waals surface area contributed by atoms with Gasteiger partial charge in [0.15, 0.2) is 11.5 Å². The van der Waals surface area contributed by atoms with Gasteiger partial charge in [-0.2, -0.15) is 5.10 Å². The quantitative estimate of drug-likeness (QED) is 0.265. The Kier molecular flexibility index (Phi) is 8.74. The second kappa shape index (κ2) is 11.7. The normalized spacial score (nSPS) is 10.8. The summed E-state index contributed by atoms with van der Waals surface area (Å²) in [5.41, 5.74) is 5.70. The number of nitrogens with one attached hydrogen (secondary N) is 1. The Balaban J connectivity index is 1.76. The van der Waals surface area contributed by atoms with Gasteiger partial charge in [-0.3, -0.25) is 4.79 Å². The first-order valence-electron chi connectivity index (χ1n) is 10.2. The van der Waals surface area contributed by atoms with E-state index in [9.17, 15) is 4.79 Å². The van der Waals surface area contributed by atoms with Crippen molar-refractivity contribution in [1.82, 2.24) is 5.43 Å². The molecule has 0 unspecified atom stereocenters. The molecule has 3 aromatic rings. The molecule has 0 saturated carbocycles. The standard InChI is InChI=1S/C25H24BrClN2O4/c1-4-32-23-12-17(11-21(27)24(23)33-15-18-8-6-5-7-16(18)2)14-28-29-25(30)20-13-19(26)9-10-22(20)31-3/h5-14H,4,15H2,1-3H3,(H,29,30)/b28-14-. The number of rotatable bonds is 9. The molecule has 0 fully saturated rings. The zero-order valence-electron chi connectivity index (χ0n) is 18.5. The molecule has 0 aliphatic rings. The van der Waals surface area contributed by atoms with Crippen molar-refractivity contribution in [2.24, 2.45) is 5.10 Å². The zero-order valence-corrected chi connectivity index (χ0v) is 20.9. The number of hydrazone groups is 1. The van der Waals surface area contributed by atoms with Gasteiger partial charge in [-0.15, -0.1) is 0 Å². The number of nitrogens with zero attached hydrogens (tertiary/aromatic N) is 1. The number of hydrogen-bond donors (Lipinski definition) is 1. The number of amides is 1. The number of ether oxygens (including phenoxy) is 3. The van der Waals surface area contributed by atoms with Crippen LogP contribution in [0.25, 0.3) is 0 Å². The number of halogens is 2. The highest BCUT2D eigenvalue weighted by Gasteiger charge is 2.14. The molecule has 0 saturated heterocycles. The van der Waals surface area contributed by atoms with Crippen molar-refractivity contribution in [3.05, 3.63) is 86.3 Å². The van der Waals surface area contributed by atoms with Crippen molar-refractivity contribution < 1.29 is 19.0 Å². The third kappa shape index (κ3) is 6.49. The maximum atomic E-state index is 12.5. The van der Waals surface area contributed by atoms with Crippen LogP contribution >= 0.6 is 27.5 Å². The van der Waals surface area contributed by atoms with Crippen LogP contribution in [0.4, 0.5) is 0 Å². The van der Waals surface area contributed by atoms with Crippen molar-refractivity contribution >= 4 is 39.7 Å². The molecular weight excluding hydrogens is 508 g/mol. The maximum Gasteiger partial charge on any atom is 0.275 e. The smallest absolute Gasteiger partial charge is 0.275 e. The molecule has 0 heterocycles. The second-order valence-electron chi connectivity index (χ2n) is 7.02. The number of carbonyl (C=O) groups is 1. The highest BCUT2D eigenvalue weighted by Crippen LogP contribution is 2.37. The summed E-state index contributed by atoms with van der Waals surface area (Å²) in [7, 11) is 1.50. The number of benzene rings is 3. The van der Waals surface area contributed by atoms with E-state index in [0.717, 1.165) is 15.6 Å². The number of methoxy groups -OCH3 is 1. The fourth-order valence-electron chi connectivity index (χ4n) is 3.07. The summed E-state index contributed by atoms with van der Waals surface area (Å²) in [6.07, 6.45) is 1.49. The maximum absolute atomic E-state index is 12.5. The summed E-state index contributed by atoms with van der Waals surface area (Å²) >= 11 is 9.85. The van der Waals surface area contributed by atoms with Crippen LogP contribution in [0.3, 0.4) is 0 Å². The van der Waals surface area contributed by atoms with Crippen LogP contribution in [0.5, 0.6) is 17.2 Å². The van der Waals surface area contributed by atoms with Crippen LogP contribution in [0.15, 0.2) is 64.2 Å². The van der Waals surface area contributed by atoms with E-state index in [-0.39, 0.29) is 0 Å². The molecule has 1 N–H and O–H groups in total. The summed E-state index contributed by atoms with van der Waals surface area (Å²) in [6, 6.07) is 16.6. The Morgan fingerprint density at radius 1 is 1.12 bits per heavy atom. The molecule has 8 heteroatoms. The zero-order chi connectivity index (χ0) is 23.8. The first kappa shape index (κ1) is 24.6. The van der Waals surface area contributed by atoms with Crippen molar-refractivity contribution in [2.45, 2.75) is 20.5 Å². The van der Waals surface area contributed by atoms with E-state index in [4.69, 9.17) is 25.8 Å². The van der Waals surface area contributed by atoms with E-state index in [1.54, 1.807) is 30.3 Å². The molecule has 3 aromatic carbocycles. The van der Waals surface area contributed by atoms with Crippen LogP contribution in [-0.4, -0.2) is 25.8 Å². The lowest BCUT2D eigenvalue weighted by molar-refractivity contribution is 0.0952. The molecule has 0 aromatic heterocycles. The number of aryl methyl sites for hydroxylation is 1. The van der Waals surface area contributed by atoms with Gasteiger partial charge in [0.25, 0.3) is 5.91 Å². The number of carbonyl (C=O) groups excluding carboxylic acids is 1. The lowest BCUT2D eigenvalue weighted by Crippen LogP contribution is -2.18. The van der Waals surface area contributed by atoms with Crippen LogP contribution < -0.4 is 19.6 Å². The van der Waals surface area contributed by atoms with Crippen molar-refractivity contribution in [2.75, 3.05) is 13.7 Å². The minimum absolute atomic E-state index is 0.358. The monoisotopic (exact) mass is 530 g/mol. The fourth-order valence-corrected chi connectivity index (χ4v) is 3.71. The average Bonchev–Trinajstić information content (AvgIpc) is 2.79. The molecule has 0 radical (unpaired) electrons. The topological polar surface area (TPSA) is 69.2 Å². The Morgan fingerprint density at radius 2 is 1.91 bits per heavy atom. The lowest BCUT2D eigenvalue weighted by Gasteiger charge is -2.15. The fraction of sp³-hybridized carbons (Fsp3) is 0.200. The summed E-state index contributed by atoms with van der Waals surface area (Å²) in [5.74, 6) is 1.00.